The summed E-state index contributed by atoms with van der Waals surface area (Å²) in [4.78, 5) is 12.5. The van der Waals surface area contributed by atoms with Crippen LogP contribution in [0, 0.1) is 12.7 Å². The lowest BCUT2D eigenvalue weighted by Gasteiger charge is -2.38. The van der Waals surface area contributed by atoms with E-state index in [0.717, 1.165) is 0 Å². The summed E-state index contributed by atoms with van der Waals surface area (Å²) < 4.78 is 35.2. The molecule has 2 aromatic rings. The van der Waals surface area contributed by atoms with Gasteiger partial charge in [0.2, 0.25) is 0 Å². The summed E-state index contributed by atoms with van der Waals surface area (Å²) in [5.41, 5.74) is 1.71. The maximum absolute atomic E-state index is 13.5. The fourth-order valence-corrected chi connectivity index (χ4v) is 4.62. The van der Waals surface area contributed by atoms with E-state index in [1.54, 1.807) is 19.1 Å². The second-order valence-corrected chi connectivity index (χ2v) is 8.45. The van der Waals surface area contributed by atoms with E-state index in [1.807, 2.05) is 0 Å². The van der Waals surface area contributed by atoms with Crippen molar-refractivity contribution in [2.24, 2.45) is 0 Å². The van der Waals surface area contributed by atoms with Crippen molar-refractivity contribution >= 4 is 39.7 Å². The van der Waals surface area contributed by atoms with Crippen LogP contribution in [-0.4, -0.2) is 27.3 Å². The molecule has 8 heteroatoms. The summed E-state index contributed by atoms with van der Waals surface area (Å²) in [6, 6.07) is 8.93. The number of nitrogens with one attached hydrogen (secondary N) is 1. The zero-order valence-corrected chi connectivity index (χ0v) is 15.1. The minimum atomic E-state index is -2.86. The van der Waals surface area contributed by atoms with Gasteiger partial charge in [-0.05, 0) is 55.3 Å². The Kier molecular flexibility index (Phi) is 4.92. The van der Waals surface area contributed by atoms with Crippen LogP contribution in [-0.2, 0) is 0 Å². The van der Waals surface area contributed by atoms with Gasteiger partial charge in [0.25, 0.3) is 5.91 Å². The molecule has 0 bridgehead atoms. The molecule has 3 N–H and O–H groups in total. The molecule has 0 aromatic heterocycles. The van der Waals surface area contributed by atoms with E-state index >= 15 is 0 Å². The summed E-state index contributed by atoms with van der Waals surface area (Å²) in [6.45, 7) is 2.22. The van der Waals surface area contributed by atoms with Gasteiger partial charge in [0, 0.05) is 12.2 Å². The van der Waals surface area contributed by atoms with Crippen LogP contribution >= 0.6 is 22.4 Å². The molecule has 3 rings (SSSR count). The summed E-state index contributed by atoms with van der Waals surface area (Å²) in [5.74, 6) is -0.631. The third-order valence-electron chi connectivity index (χ3n) is 3.91. The normalized spacial score (nSPS) is 17.4. The van der Waals surface area contributed by atoms with Crippen molar-refractivity contribution < 1.29 is 18.3 Å². The molecule has 0 aliphatic carbocycles. The molecule has 5 nitrogen and oxygen atoms in total. The number of halogens is 2. The second-order valence-electron chi connectivity index (χ2n) is 5.93. The van der Waals surface area contributed by atoms with Crippen molar-refractivity contribution in [2.45, 2.75) is 13.3 Å². The Morgan fingerprint density at radius 3 is 2.68 bits per heavy atom. The highest BCUT2D eigenvalue weighted by Gasteiger charge is 2.29. The van der Waals surface area contributed by atoms with Gasteiger partial charge in [0.1, 0.15) is 5.82 Å². The molecule has 1 aliphatic rings. The van der Waals surface area contributed by atoms with Gasteiger partial charge in [-0.3, -0.25) is 18.2 Å². The molecule has 1 fully saturated rings. The summed E-state index contributed by atoms with van der Waals surface area (Å²) in [5, 5.41) is 2.85. The molecule has 0 unspecified atom stereocenters. The molecule has 0 atom stereocenters. The quantitative estimate of drug-likeness (QED) is 0.702. The third-order valence-corrected chi connectivity index (χ3v) is 6.18. The number of hydrogen-bond acceptors (Lipinski definition) is 4. The fourth-order valence-electron chi connectivity index (χ4n) is 2.81. The Bertz CT molecular complexity index is 811. The first-order valence-electron chi connectivity index (χ1n) is 7.68. The van der Waals surface area contributed by atoms with Crippen molar-refractivity contribution in [1.82, 2.24) is 0 Å². The van der Waals surface area contributed by atoms with Crippen LogP contribution in [0.2, 0.25) is 5.02 Å². The molecule has 134 valence electrons. The smallest absolute Gasteiger partial charge is 0.257 e. The standard InChI is InChI=1S/C17H18ClFN2O3S/c1-11-7-12(19)9-13(8-11)20-17(22)15-10-14(3-4-16(15)18)21-5-2-6-25(21,23)24/h3-4,7-10,23-24H,2,5-6H2,1H3,(H,20,22). The number of carbonyl (C=O) groups excluding carboxylic acids is 1. The molecule has 2 aromatic carbocycles. The van der Waals surface area contributed by atoms with E-state index in [2.05, 4.69) is 5.32 Å². The Morgan fingerprint density at radius 1 is 1.28 bits per heavy atom. The highest BCUT2D eigenvalue weighted by atomic mass is 35.5. The zero-order chi connectivity index (χ0) is 18.2. The SMILES string of the molecule is Cc1cc(F)cc(NC(=O)c2cc(N3CCCS3(O)O)ccc2Cl)c1. The number of benzene rings is 2. The number of anilines is 2. The van der Waals surface area contributed by atoms with Crippen LogP contribution in [0.1, 0.15) is 22.3 Å². The monoisotopic (exact) mass is 384 g/mol. The first kappa shape index (κ1) is 18.0. The van der Waals surface area contributed by atoms with Gasteiger partial charge in [-0.15, -0.1) is 10.8 Å². The van der Waals surface area contributed by atoms with Gasteiger partial charge in [-0.25, -0.2) is 4.39 Å². The Balaban J connectivity index is 1.88. The maximum atomic E-state index is 13.5. The molecular weight excluding hydrogens is 367 g/mol. The first-order valence-corrected chi connectivity index (χ1v) is 9.73. The number of amides is 1. The van der Waals surface area contributed by atoms with E-state index in [1.165, 1.54) is 28.6 Å². The minimum absolute atomic E-state index is 0.184. The number of nitrogens with zero attached hydrogens (tertiary/aromatic N) is 1. The van der Waals surface area contributed by atoms with Gasteiger partial charge in [0.05, 0.1) is 22.0 Å². The number of carbonyl (C=O) groups is 1. The predicted octanol–water partition coefficient (Wildman–Crippen LogP) is 4.92. The number of aryl methyl sites for hydroxylation is 1. The molecule has 0 spiro atoms. The Morgan fingerprint density at radius 2 is 2.04 bits per heavy atom. The van der Waals surface area contributed by atoms with Crippen LogP contribution in [0.4, 0.5) is 15.8 Å². The first-order chi connectivity index (χ1) is 11.8. The van der Waals surface area contributed by atoms with Crippen molar-refractivity contribution in [1.29, 1.82) is 0 Å². The van der Waals surface area contributed by atoms with E-state index in [-0.39, 0.29) is 10.6 Å². The Hall–Kier alpha value is -1.80. The van der Waals surface area contributed by atoms with Gasteiger partial charge in [-0.2, -0.15) is 0 Å². The largest absolute Gasteiger partial charge is 0.322 e. The summed E-state index contributed by atoms with van der Waals surface area (Å²) >= 11 is 6.13. The molecule has 1 heterocycles. The number of rotatable bonds is 3. The van der Waals surface area contributed by atoms with Crippen LogP contribution in [0.5, 0.6) is 0 Å². The lowest BCUT2D eigenvalue weighted by molar-refractivity contribution is 0.102. The summed E-state index contributed by atoms with van der Waals surface area (Å²) in [7, 11) is -2.86. The van der Waals surface area contributed by atoms with E-state index in [0.29, 0.717) is 35.7 Å². The fraction of sp³-hybridized carbons (Fsp3) is 0.235. The van der Waals surface area contributed by atoms with Crippen LogP contribution in [0.3, 0.4) is 0 Å². The topological polar surface area (TPSA) is 72.8 Å². The minimum Gasteiger partial charge on any atom is -0.322 e. The van der Waals surface area contributed by atoms with Gasteiger partial charge < -0.3 is 5.32 Å². The van der Waals surface area contributed by atoms with Crippen LogP contribution in [0.25, 0.3) is 0 Å². The van der Waals surface area contributed by atoms with E-state index < -0.39 is 22.5 Å². The van der Waals surface area contributed by atoms with Crippen molar-refractivity contribution in [3.05, 3.63) is 58.4 Å². The summed E-state index contributed by atoms with van der Waals surface area (Å²) in [6.07, 6.45) is 0.662. The Labute approximate surface area is 151 Å². The molecular formula is C17H18ClFN2O3S. The second kappa shape index (κ2) is 6.84. The maximum Gasteiger partial charge on any atom is 0.257 e. The number of hydrogen-bond donors (Lipinski definition) is 3. The highest BCUT2D eigenvalue weighted by Crippen LogP contribution is 2.51. The van der Waals surface area contributed by atoms with Crippen LogP contribution in [0.15, 0.2) is 36.4 Å². The zero-order valence-electron chi connectivity index (χ0n) is 13.5. The molecule has 1 amide bonds. The molecule has 25 heavy (non-hydrogen) atoms. The highest BCUT2D eigenvalue weighted by molar-refractivity contribution is 8.25. The molecule has 1 aliphatic heterocycles. The average Bonchev–Trinajstić information content (AvgIpc) is 2.86. The van der Waals surface area contributed by atoms with E-state index in [4.69, 9.17) is 11.6 Å². The van der Waals surface area contributed by atoms with Crippen molar-refractivity contribution in [3.8, 4) is 0 Å². The average molecular weight is 385 g/mol. The van der Waals surface area contributed by atoms with Gasteiger partial charge in [-0.1, -0.05) is 11.6 Å². The molecule has 1 saturated heterocycles. The van der Waals surface area contributed by atoms with E-state index in [9.17, 15) is 18.3 Å². The third kappa shape index (κ3) is 3.90. The molecule has 0 saturated carbocycles. The predicted molar refractivity (Wildman–Crippen MR) is 100 cm³/mol. The van der Waals surface area contributed by atoms with Crippen molar-refractivity contribution in [2.75, 3.05) is 21.9 Å². The lowest BCUT2D eigenvalue weighted by atomic mass is 10.1. The van der Waals surface area contributed by atoms with Gasteiger partial charge in [0.15, 0.2) is 0 Å². The lowest BCUT2D eigenvalue weighted by Crippen LogP contribution is -2.22. The van der Waals surface area contributed by atoms with Crippen LogP contribution < -0.4 is 9.62 Å². The molecule has 0 radical (unpaired) electrons. The van der Waals surface area contributed by atoms with Crippen molar-refractivity contribution in [3.63, 3.8) is 0 Å². The van der Waals surface area contributed by atoms with Gasteiger partial charge >= 0.3 is 0 Å².